The van der Waals surface area contributed by atoms with Crippen molar-refractivity contribution in [3.63, 3.8) is 0 Å². The number of rotatable bonds is 3. The van der Waals surface area contributed by atoms with Gasteiger partial charge in [-0.1, -0.05) is 6.07 Å². The van der Waals surface area contributed by atoms with E-state index in [1.54, 1.807) is 6.07 Å². The maximum Gasteiger partial charge on any atom is 0.319 e. The summed E-state index contributed by atoms with van der Waals surface area (Å²) in [6.45, 7) is 0.548. The minimum absolute atomic E-state index is 0.214. The molecular weight excluding hydrogens is 355 g/mol. The molecule has 0 aromatic heterocycles. The number of anilines is 1. The lowest BCUT2D eigenvalue weighted by atomic mass is 10.2. The average Bonchev–Trinajstić information content (AvgIpc) is 2.95. The molecule has 1 aliphatic heterocycles. The van der Waals surface area contributed by atoms with Crippen molar-refractivity contribution in [2.75, 3.05) is 12.1 Å². The number of fused-ring (bicyclic) bond motifs is 1. The van der Waals surface area contributed by atoms with Crippen LogP contribution in [0.5, 0.6) is 11.5 Å². The molecule has 1 heterocycles. The van der Waals surface area contributed by atoms with Gasteiger partial charge in [0.15, 0.2) is 11.5 Å². The summed E-state index contributed by atoms with van der Waals surface area (Å²) >= 11 is 3.19. The Hall–Kier alpha value is -2.28. The van der Waals surface area contributed by atoms with Crippen LogP contribution in [-0.4, -0.2) is 12.8 Å². The van der Waals surface area contributed by atoms with Crippen LogP contribution >= 0.6 is 15.9 Å². The predicted octanol–water partition coefficient (Wildman–Crippen LogP) is 3.64. The molecule has 0 saturated carbocycles. The SMILES string of the molecule is O=C(NCc1ccc2c(c1)OCO2)Nc1ccc(F)cc1Br. The smallest absolute Gasteiger partial charge is 0.319 e. The van der Waals surface area contributed by atoms with Gasteiger partial charge in [-0.05, 0) is 51.8 Å². The van der Waals surface area contributed by atoms with E-state index >= 15 is 0 Å². The Morgan fingerprint density at radius 3 is 2.82 bits per heavy atom. The Balaban J connectivity index is 1.58. The van der Waals surface area contributed by atoms with Crippen molar-refractivity contribution in [1.29, 1.82) is 0 Å². The molecule has 2 amide bonds. The van der Waals surface area contributed by atoms with Gasteiger partial charge in [0, 0.05) is 11.0 Å². The summed E-state index contributed by atoms with van der Waals surface area (Å²) in [5.74, 6) is 0.989. The van der Waals surface area contributed by atoms with Crippen LogP contribution < -0.4 is 20.1 Å². The lowest BCUT2D eigenvalue weighted by molar-refractivity contribution is 0.174. The number of carbonyl (C=O) groups is 1. The Kier molecular flexibility index (Phi) is 4.15. The lowest BCUT2D eigenvalue weighted by Crippen LogP contribution is -2.28. The Morgan fingerprint density at radius 2 is 2.00 bits per heavy atom. The Morgan fingerprint density at radius 1 is 1.18 bits per heavy atom. The quantitative estimate of drug-likeness (QED) is 0.871. The third-order valence-electron chi connectivity index (χ3n) is 3.07. The van der Waals surface area contributed by atoms with Crippen molar-refractivity contribution in [2.24, 2.45) is 0 Å². The van der Waals surface area contributed by atoms with Crippen LogP contribution in [0.3, 0.4) is 0 Å². The van der Waals surface area contributed by atoms with Gasteiger partial charge in [0.05, 0.1) is 5.69 Å². The van der Waals surface area contributed by atoms with Gasteiger partial charge in [-0.2, -0.15) is 0 Å². The maximum atomic E-state index is 13.0. The number of carbonyl (C=O) groups excluding carboxylic acids is 1. The first-order valence-corrected chi connectivity index (χ1v) is 7.29. The van der Waals surface area contributed by atoms with E-state index in [2.05, 4.69) is 26.6 Å². The first kappa shape index (κ1) is 14.6. The van der Waals surface area contributed by atoms with Gasteiger partial charge < -0.3 is 20.1 Å². The lowest BCUT2D eigenvalue weighted by Gasteiger charge is -2.09. The Bertz CT molecular complexity index is 724. The van der Waals surface area contributed by atoms with E-state index in [1.807, 2.05) is 12.1 Å². The van der Waals surface area contributed by atoms with E-state index in [0.717, 1.165) is 5.56 Å². The van der Waals surface area contributed by atoms with Gasteiger partial charge in [-0.3, -0.25) is 0 Å². The number of benzene rings is 2. The molecule has 0 spiro atoms. The predicted molar refractivity (Wildman–Crippen MR) is 82.5 cm³/mol. The molecule has 7 heteroatoms. The molecule has 0 aliphatic carbocycles. The van der Waals surface area contributed by atoms with Crippen molar-refractivity contribution in [1.82, 2.24) is 5.32 Å². The largest absolute Gasteiger partial charge is 0.454 e. The highest BCUT2D eigenvalue weighted by Crippen LogP contribution is 2.32. The molecule has 1 aliphatic rings. The summed E-state index contributed by atoms with van der Waals surface area (Å²) in [7, 11) is 0. The normalized spacial score (nSPS) is 12.1. The molecule has 3 rings (SSSR count). The fourth-order valence-electron chi connectivity index (χ4n) is 1.99. The van der Waals surface area contributed by atoms with Crippen LogP contribution in [0.1, 0.15) is 5.56 Å². The van der Waals surface area contributed by atoms with Gasteiger partial charge in [-0.15, -0.1) is 0 Å². The molecular formula is C15H12BrFN2O3. The minimum atomic E-state index is -0.384. The van der Waals surface area contributed by atoms with Crippen molar-refractivity contribution >= 4 is 27.6 Å². The van der Waals surface area contributed by atoms with Crippen LogP contribution in [-0.2, 0) is 6.54 Å². The molecule has 2 aromatic carbocycles. The number of nitrogens with one attached hydrogen (secondary N) is 2. The molecule has 2 N–H and O–H groups in total. The monoisotopic (exact) mass is 366 g/mol. The highest BCUT2D eigenvalue weighted by atomic mass is 79.9. The molecule has 0 unspecified atom stereocenters. The zero-order valence-corrected chi connectivity index (χ0v) is 12.9. The van der Waals surface area contributed by atoms with Crippen LogP contribution in [0.15, 0.2) is 40.9 Å². The van der Waals surface area contributed by atoms with Crippen molar-refractivity contribution < 1.29 is 18.7 Å². The maximum absolute atomic E-state index is 13.0. The summed E-state index contributed by atoms with van der Waals surface area (Å²) in [6, 6.07) is 9.13. The topological polar surface area (TPSA) is 59.6 Å². The van der Waals surface area contributed by atoms with Crippen LogP contribution in [0.4, 0.5) is 14.9 Å². The number of halogens is 2. The zero-order valence-electron chi connectivity index (χ0n) is 11.4. The molecule has 2 aromatic rings. The fraction of sp³-hybridized carbons (Fsp3) is 0.133. The molecule has 0 fully saturated rings. The van der Waals surface area contributed by atoms with E-state index in [0.29, 0.717) is 28.2 Å². The molecule has 0 saturated heterocycles. The number of amides is 2. The zero-order chi connectivity index (χ0) is 15.5. The van der Waals surface area contributed by atoms with Gasteiger partial charge in [0.1, 0.15) is 5.82 Å². The van der Waals surface area contributed by atoms with Crippen molar-refractivity contribution in [3.05, 3.63) is 52.3 Å². The van der Waals surface area contributed by atoms with E-state index in [-0.39, 0.29) is 18.6 Å². The summed E-state index contributed by atoms with van der Waals surface area (Å²) in [5.41, 5.74) is 1.38. The van der Waals surface area contributed by atoms with E-state index in [1.165, 1.54) is 18.2 Å². The van der Waals surface area contributed by atoms with Gasteiger partial charge >= 0.3 is 6.03 Å². The van der Waals surface area contributed by atoms with Crippen LogP contribution in [0, 0.1) is 5.82 Å². The van der Waals surface area contributed by atoms with Gasteiger partial charge in [0.2, 0.25) is 6.79 Å². The minimum Gasteiger partial charge on any atom is -0.454 e. The summed E-state index contributed by atoms with van der Waals surface area (Å²) in [5, 5.41) is 5.36. The molecule has 0 radical (unpaired) electrons. The summed E-state index contributed by atoms with van der Waals surface area (Å²) < 4.78 is 24.0. The number of ether oxygens (including phenoxy) is 2. The highest BCUT2D eigenvalue weighted by molar-refractivity contribution is 9.10. The van der Waals surface area contributed by atoms with Crippen molar-refractivity contribution in [2.45, 2.75) is 6.54 Å². The summed E-state index contributed by atoms with van der Waals surface area (Å²) in [6.07, 6.45) is 0. The second kappa shape index (κ2) is 6.23. The molecule has 0 atom stereocenters. The van der Waals surface area contributed by atoms with Gasteiger partial charge in [0.25, 0.3) is 0 Å². The fourth-order valence-corrected chi connectivity index (χ4v) is 2.44. The third kappa shape index (κ3) is 3.30. The van der Waals surface area contributed by atoms with Crippen LogP contribution in [0.25, 0.3) is 0 Å². The molecule has 0 bridgehead atoms. The average molecular weight is 367 g/mol. The number of hydrogen-bond donors (Lipinski definition) is 2. The first-order chi connectivity index (χ1) is 10.6. The molecule has 114 valence electrons. The van der Waals surface area contributed by atoms with E-state index < -0.39 is 0 Å². The molecule has 22 heavy (non-hydrogen) atoms. The number of urea groups is 1. The highest BCUT2D eigenvalue weighted by Gasteiger charge is 2.13. The second-order valence-corrected chi connectivity index (χ2v) is 5.47. The van der Waals surface area contributed by atoms with Gasteiger partial charge in [-0.25, -0.2) is 9.18 Å². The van der Waals surface area contributed by atoms with E-state index in [4.69, 9.17) is 9.47 Å². The third-order valence-corrected chi connectivity index (χ3v) is 3.73. The summed E-state index contributed by atoms with van der Waals surface area (Å²) in [4.78, 5) is 11.9. The van der Waals surface area contributed by atoms with E-state index in [9.17, 15) is 9.18 Å². The second-order valence-electron chi connectivity index (χ2n) is 4.62. The molecule has 5 nitrogen and oxygen atoms in total. The number of hydrogen-bond acceptors (Lipinski definition) is 3. The first-order valence-electron chi connectivity index (χ1n) is 6.50. The Labute approximate surface area is 134 Å². The van der Waals surface area contributed by atoms with Crippen molar-refractivity contribution in [3.8, 4) is 11.5 Å². The standard InChI is InChI=1S/C15H12BrFN2O3/c16-11-6-10(17)2-3-12(11)19-15(20)18-7-9-1-4-13-14(5-9)22-8-21-13/h1-6H,7-8H2,(H2,18,19,20). The van der Waals surface area contributed by atoms with Crippen LogP contribution in [0.2, 0.25) is 0 Å².